The Morgan fingerprint density at radius 3 is 2.69 bits per heavy atom. The lowest BCUT2D eigenvalue weighted by atomic mass is 10.1. The molecule has 0 bridgehead atoms. The topological polar surface area (TPSA) is 62.1 Å². The number of hydrogen-bond acceptors (Lipinski definition) is 7. The molecule has 0 unspecified atom stereocenters. The average molecular weight is 467 g/mol. The first kappa shape index (κ1) is 22.4. The molecule has 32 heavy (non-hydrogen) atoms. The van der Waals surface area contributed by atoms with Crippen molar-refractivity contribution in [2.45, 2.75) is 37.7 Å². The summed E-state index contributed by atoms with van der Waals surface area (Å²) in [6.07, 6.45) is 1.02. The van der Waals surface area contributed by atoms with Crippen LogP contribution in [0.15, 0.2) is 53.0 Å². The van der Waals surface area contributed by atoms with Crippen molar-refractivity contribution in [1.29, 1.82) is 0 Å². The Morgan fingerprint density at radius 1 is 1.06 bits per heavy atom. The summed E-state index contributed by atoms with van der Waals surface area (Å²) in [4.78, 5) is 4.83. The fraction of sp³-hybridized carbons (Fsp3) is 0.292. The second-order valence-corrected chi connectivity index (χ2v) is 9.13. The monoisotopic (exact) mass is 466 g/mol. The highest BCUT2D eigenvalue weighted by Crippen LogP contribution is 2.36. The number of aryl methyl sites for hydroxylation is 1. The van der Waals surface area contributed by atoms with Crippen LogP contribution in [0.4, 0.5) is 0 Å². The number of rotatable bonds is 9. The van der Waals surface area contributed by atoms with Gasteiger partial charge in [-0.15, -0.1) is 21.5 Å². The van der Waals surface area contributed by atoms with E-state index in [0.717, 1.165) is 63.0 Å². The molecule has 0 aliphatic heterocycles. The van der Waals surface area contributed by atoms with Crippen LogP contribution in [0.2, 0.25) is 0 Å². The van der Waals surface area contributed by atoms with Crippen LogP contribution >= 0.6 is 23.1 Å². The van der Waals surface area contributed by atoms with Gasteiger partial charge in [0.25, 0.3) is 0 Å². The first-order valence-corrected chi connectivity index (χ1v) is 12.3. The van der Waals surface area contributed by atoms with Crippen molar-refractivity contribution >= 4 is 23.1 Å². The van der Waals surface area contributed by atoms with E-state index < -0.39 is 0 Å². The van der Waals surface area contributed by atoms with E-state index in [1.807, 2.05) is 18.2 Å². The average Bonchev–Trinajstić information content (AvgIpc) is 3.44. The molecule has 0 aliphatic carbocycles. The molecule has 166 valence electrons. The molecule has 2 heterocycles. The number of benzene rings is 2. The Labute approximate surface area is 196 Å². The summed E-state index contributed by atoms with van der Waals surface area (Å²) < 4.78 is 13.0. The van der Waals surface area contributed by atoms with Gasteiger partial charge in [0.05, 0.1) is 25.5 Å². The molecule has 0 saturated heterocycles. The lowest BCUT2D eigenvalue weighted by Crippen LogP contribution is -2.02. The standard InChI is InChI=1S/C24H26N4O2S2/c1-5-11-28-22(17-8-6-7-16(2)12-17)26-27-24(28)32-15-18-14-31-23(25-18)20-10-9-19(29-3)13-21(20)30-4/h6-10,12-14H,5,11,15H2,1-4H3. The van der Waals surface area contributed by atoms with Crippen molar-refractivity contribution in [3.8, 4) is 33.5 Å². The highest BCUT2D eigenvalue weighted by molar-refractivity contribution is 7.98. The molecule has 0 spiro atoms. The van der Waals surface area contributed by atoms with Crippen molar-refractivity contribution in [2.24, 2.45) is 0 Å². The predicted octanol–water partition coefficient (Wildman–Crippen LogP) is 6.10. The molecule has 2 aromatic heterocycles. The highest BCUT2D eigenvalue weighted by atomic mass is 32.2. The zero-order valence-corrected chi connectivity index (χ0v) is 20.3. The van der Waals surface area contributed by atoms with Crippen molar-refractivity contribution in [1.82, 2.24) is 19.7 Å². The van der Waals surface area contributed by atoms with Crippen LogP contribution in [0.1, 0.15) is 24.6 Å². The fourth-order valence-corrected chi connectivity index (χ4v) is 5.24. The maximum Gasteiger partial charge on any atom is 0.191 e. The molecular weight excluding hydrogens is 440 g/mol. The van der Waals surface area contributed by atoms with Crippen LogP contribution < -0.4 is 9.47 Å². The van der Waals surface area contributed by atoms with Crippen LogP contribution in [0.25, 0.3) is 22.0 Å². The van der Waals surface area contributed by atoms with Gasteiger partial charge in [-0.25, -0.2) is 4.98 Å². The maximum atomic E-state index is 5.54. The summed E-state index contributed by atoms with van der Waals surface area (Å²) in [6, 6.07) is 14.2. The zero-order valence-electron chi connectivity index (χ0n) is 18.7. The van der Waals surface area contributed by atoms with Gasteiger partial charge in [-0.1, -0.05) is 42.4 Å². The smallest absolute Gasteiger partial charge is 0.191 e. The minimum absolute atomic E-state index is 0.727. The van der Waals surface area contributed by atoms with Gasteiger partial charge >= 0.3 is 0 Å². The molecule has 0 amide bonds. The van der Waals surface area contributed by atoms with Crippen LogP contribution in [0.3, 0.4) is 0 Å². The molecule has 4 rings (SSSR count). The van der Waals surface area contributed by atoms with Crippen LogP contribution in [-0.2, 0) is 12.3 Å². The maximum absolute atomic E-state index is 5.54. The second-order valence-electron chi connectivity index (χ2n) is 7.33. The quantitative estimate of drug-likeness (QED) is 0.278. The Balaban J connectivity index is 1.53. The number of aromatic nitrogens is 4. The zero-order chi connectivity index (χ0) is 22.5. The Morgan fingerprint density at radius 2 is 1.94 bits per heavy atom. The number of nitrogens with zero attached hydrogens (tertiary/aromatic N) is 4. The minimum Gasteiger partial charge on any atom is -0.497 e. The van der Waals surface area contributed by atoms with Crippen molar-refractivity contribution in [3.05, 3.63) is 59.1 Å². The van der Waals surface area contributed by atoms with E-state index in [-0.39, 0.29) is 0 Å². The van der Waals surface area contributed by atoms with Crippen LogP contribution in [-0.4, -0.2) is 34.0 Å². The number of thioether (sulfide) groups is 1. The number of methoxy groups -OCH3 is 2. The third kappa shape index (κ3) is 4.81. The molecule has 2 aromatic carbocycles. The van der Waals surface area contributed by atoms with Crippen LogP contribution in [0.5, 0.6) is 11.5 Å². The van der Waals surface area contributed by atoms with E-state index in [0.29, 0.717) is 0 Å². The minimum atomic E-state index is 0.727. The van der Waals surface area contributed by atoms with Gasteiger partial charge < -0.3 is 14.0 Å². The van der Waals surface area contributed by atoms with Gasteiger partial charge in [0.15, 0.2) is 11.0 Å². The first-order valence-electron chi connectivity index (χ1n) is 10.4. The Bertz CT molecular complexity index is 1200. The molecule has 0 fully saturated rings. The number of hydrogen-bond donors (Lipinski definition) is 0. The summed E-state index contributed by atoms with van der Waals surface area (Å²) in [6.45, 7) is 5.14. The van der Waals surface area contributed by atoms with Gasteiger partial charge in [0.1, 0.15) is 16.5 Å². The number of ether oxygens (including phenoxy) is 2. The third-order valence-corrected chi connectivity index (χ3v) is 6.91. The molecule has 0 saturated carbocycles. The third-order valence-electron chi connectivity index (χ3n) is 4.98. The van der Waals surface area contributed by atoms with Gasteiger partial charge in [-0.3, -0.25) is 0 Å². The molecule has 0 aliphatic rings. The van der Waals surface area contributed by atoms with E-state index in [4.69, 9.17) is 14.5 Å². The fourth-order valence-electron chi connectivity index (χ4n) is 3.43. The van der Waals surface area contributed by atoms with E-state index in [2.05, 4.69) is 58.3 Å². The van der Waals surface area contributed by atoms with Gasteiger partial charge in [-0.05, 0) is 31.5 Å². The van der Waals surface area contributed by atoms with Gasteiger partial charge in [0.2, 0.25) is 0 Å². The van der Waals surface area contributed by atoms with Crippen LogP contribution in [0, 0.1) is 6.92 Å². The van der Waals surface area contributed by atoms with E-state index >= 15 is 0 Å². The summed E-state index contributed by atoms with van der Waals surface area (Å²) in [7, 11) is 3.31. The molecule has 4 aromatic rings. The Hall–Kier alpha value is -2.84. The molecule has 0 N–H and O–H groups in total. The van der Waals surface area contributed by atoms with E-state index in [1.54, 1.807) is 37.3 Å². The lowest BCUT2D eigenvalue weighted by Gasteiger charge is -2.09. The highest BCUT2D eigenvalue weighted by Gasteiger charge is 2.16. The molecule has 0 atom stereocenters. The second kappa shape index (κ2) is 10.2. The van der Waals surface area contributed by atoms with Crippen molar-refractivity contribution in [2.75, 3.05) is 14.2 Å². The predicted molar refractivity (Wildman–Crippen MR) is 131 cm³/mol. The van der Waals surface area contributed by atoms with Crippen molar-refractivity contribution in [3.63, 3.8) is 0 Å². The van der Waals surface area contributed by atoms with E-state index in [9.17, 15) is 0 Å². The summed E-state index contributed by atoms with van der Waals surface area (Å²) >= 11 is 3.28. The molecular formula is C24H26N4O2S2. The largest absolute Gasteiger partial charge is 0.497 e. The SMILES string of the molecule is CCCn1c(SCc2csc(-c3ccc(OC)cc3OC)n2)nnc1-c1cccc(C)c1. The summed E-state index contributed by atoms with van der Waals surface area (Å²) in [5.41, 5.74) is 4.29. The normalized spacial score (nSPS) is 11.0. The van der Waals surface area contributed by atoms with Gasteiger partial charge in [-0.2, -0.15) is 0 Å². The van der Waals surface area contributed by atoms with E-state index in [1.165, 1.54) is 5.56 Å². The van der Waals surface area contributed by atoms with Crippen molar-refractivity contribution < 1.29 is 9.47 Å². The first-order chi connectivity index (χ1) is 15.6. The number of thiazole rings is 1. The lowest BCUT2D eigenvalue weighted by molar-refractivity contribution is 0.395. The molecule has 8 heteroatoms. The summed E-state index contributed by atoms with van der Waals surface area (Å²) in [5, 5.41) is 12.9. The molecule has 6 nitrogen and oxygen atoms in total. The molecule has 0 radical (unpaired) electrons. The Kier molecular flexibility index (Phi) is 7.12. The summed E-state index contributed by atoms with van der Waals surface area (Å²) in [5.74, 6) is 3.16. The van der Waals surface area contributed by atoms with Gasteiger partial charge in [0, 0.05) is 29.3 Å².